The van der Waals surface area contributed by atoms with Gasteiger partial charge in [-0.2, -0.15) is 0 Å². The number of ether oxygens (including phenoxy) is 1. The first-order chi connectivity index (χ1) is 13.1. The highest BCUT2D eigenvalue weighted by molar-refractivity contribution is 5.94. The van der Waals surface area contributed by atoms with Gasteiger partial charge in [-0.15, -0.1) is 0 Å². The number of fused-ring (bicyclic) bond motifs is 1. The Bertz CT molecular complexity index is 800. The Kier molecular flexibility index (Phi) is 5.17. The van der Waals surface area contributed by atoms with Gasteiger partial charge in [-0.25, -0.2) is 0 Å². The summed E-state index contributed by atoms with van der Waals surface area (Å²) in [5, 5.41) is 0. The molecule has 0 aromatic heterocycles. The summed E-state index contributed by atoms with van der Waals surface area (Å²) in [7, 11) is 0. The van der Waals surface area contributed by atoms with Crippen molar-refractivity contribution in [1.82, 2.24) is 9.80 Å². The third-order valence-corrected chi connectivity index (χ3v) is 5.60. The second-order valence-corrected chi connectivity index (χ2v) is 7.87. The van der Waals surface area contributed by atoms with Crippen LogP contribution in [0.4, 0.5) is 0 Å². The standard InChI is InChI=1S/C23H28N2O2/c1-17(2)27-22-9-7-19(8-10-22)23(26)25-14-12-21(16-25)24-13-11-18-5-3-4-6-20(18)15-24/h3-10,17,21H,11-16H2,1-2H3. The fourth-order valence-corrected chi connectivity index (χ4v) is 4.18. The lowest BCUT2D eigenvalue weighted by Crippen LogP contribution is -2.41. The molecule has 0 spiro atoms. The fraction of sp³-hybridized carbons (Fsp3) is 0.435. The van der Waals surface area contributed by atoms with E-state index in [9.17, 15) is 4.79 Å². The molecule has 4 nitrogen and oxygen atoms in total. The molecular formula is C23H28N2O2. The van der Waals surface area contributed by atoms with E-state index in [0.717, 1.165) is 50.3 Å². The maximum Gasteiger partial charge on any atom is 0.253 e. The molecule has 2 aromatic carbocycles. The Morgan fingerprint density at radius 2 is 1.78 bits per heavy atom. The number of hydrogen-bond acceptors (Lipinski definition) is 3. The highest BCUT2D eigenvalue weighted by Crippen LogP contribution is 2.25. The molecule has 4 heteroatoms. The van der Waals surface area contributed by atoms with E-state index >= 15 is 0 Å². The van der Waals surface area contributed by atoms with Crippen molar-refractivity contribution in [3.63, 3.8) is 0 Å². The Hall–Kier alpha value is -2.33. The van der Waals surface area contributed by atoms with Gasteiger partial charge in [0.15, 0.2) is 0 Å². The van der Waals surface area contributed by atoms with Gasteiger partial charge in [0.05, 0.1) is 6.10 Å². The predicted octanol–water partition coefficient (Wildman–Crippen LogP) is 3.75. The Labute approximate surface area is 161 Å². The van der Waals surface area contributed by atoms with Crippen LogP contribution in [0.1, 0.15) is 41.8 Å². The van der Waals surface area contributed by atoms with Crippen LogP contribution < -0.4 is 4.74 Å². The first-order valence-electron chi connectivity index (χ1n) is 9.97. The number of likely N-dealkylation sites (tertiary alicyclic amines) is 1. The van der Waals surface area contributed by atoms with Crippen LogP contribution in [0.5, 0.6) is 5.75 Å². The van der Waals surface area contributed by atoms with Gasteiger partial charge in [-0.1, -0.05) is 24.3 Å². The van der Waals surface area contributed by atoms with Crippen LogP contribution in [0.25, 0.3) is 0 Å². The van der Waals surface area contributed by atoms with E-state index in [1.54, 1.807) is 0 Å². The van der Waals surface area contributed by atoms with Gasteiger partial charge in [-0.3, -0.25) is 9.69 Å². The maximum atomic E-state index is 12.9. The highest BCUT2D eigenvalue weighted by Gasteiger charge is 2.32. The molecule has 2 heterocycles. The third kappa shape index (κ3) is 4.01. The Balaban J connectivity index is 1.37. The molecule has 1 fully saturated rings. The molecule has 2 aliphatic heterocycles. The number of nitrogens with zero attached hydrogens (tertiary/aromatic N) is 2. The average molecular weight is 364 g/mol. The van der Waals surface area contributed by atoms with Gasteiger partial charge in [0, 0.05) is 37.8 Å². The molecule has 0 radical (unpaired) electrons. The summed E-state index contributed by atoms with van der Waals surface area (Å²) >= 11 is 0. The summed E-state index contributed by atoms with van der Waals surface area (Å²) in [6, 6.07) is 16.7. The van der Waals surface area contributed by atoms with E-state index in [2.05, 4.69) is 29.2 Å². The van der Waals surface area contributed by atoms with Gasteiger partial charge in [0.1, 0.15) is 5.75 Å². The van der Waals surface area contributed by atoms with Crippen LogP contribution >= 0.6 is 0 Å². The molecule has 142 valence electrons. The van der Waals surface area contributed by atoms with Crippen LogP contribution in [-0.2, 0) is 13.0 Å². The smallest absolute Gasteiger partial charge is 0.253 e. The summed E-state index contributed by atoms with van der Waals surface area (Å²) in [5.74, 6) is 0.943. The lowest BCUT2D eigenvalue weighted by Gasteiger charge is -2.33. The van der Waals surface area contributed by atoms with Crippen molar-refractivity contribution in [3.05, 3.63) is 65.2 Å². The van der Waals surface area contributed by atoms with Gasteiger partial charge >= 0.3 is 0 Å². The molecule has 1 amide bonds. The van der Waals surface area contributed by atoms with Crippen molar-refractivity contribution in [1.29, 1.82) is 0 Å². The van der Waals surface area contributed by atoms with Crippen molar-refractivity contribution in [2.75, 3.05) is 19.6 Å². The number of benzene rings is 2. The van der Waals surface area contributed by atoms with Crippen molar-refractivity contribution < 1.29 is 9.53 Å². The second-order valence-electron chi connectivity index (χ2n) is 7.87. The summed E-state index contributed by atoms with van der Waals surface area (Å²) in [6.07, 6.45) is 2.31. The van der Waals surface area contributed by atoms with Crippen LogP contribution in [0.3, 0.4) is 0 Å². The molecule has 0 bridgehead atoms. The molecule has 0 aliphatic carbocycles. The molecule has 1 unspecified atom stereocenters. The minimum Gasteiger partial charge on any atom is -0.491 e. The second kappa shape index (κ2) is 7.73. The molecule has 0 saturated carbocycles. The van der Waals surface area contributed by atoms with Crippen LogP contribution in [-0.4, -0.2) is 47.5 Å². The van der Waals surface area contributed by atoms with E-state index in [1.807, 2.05) is 43.0 Å². The fourth-order valence-electron chi connectivity index (χ4n) is 4.18. The molecular weight excluding hydrogens is 336 g/mol. The Morgan fingerprint density at radius 3 is 2.52 bits per heavy atom. The molecule has 0 N–H and O–H groups in total. The molecule has 27 heavy (non-hydrogen) atoms. The van der Waals surface area contributed by atoms with Crippen molar-refractivity contribution >= 4 is 5.91 Å². The normalized spacial score (nSPS) is 20.0. The van der Waals surface area contributed by atoms with Gasteiger partial charge < -0.3 is 9.64 Å². The zero-order valence-electron chi connectivity index (χ0n) is 16.2. The summed E-state index contributed by atoms with van der Waals surface area (Å²) < 4.78 is 5.67. The van der Waals surface area contributed by atoms with Gasteiger partial charge in [0.2, 0.25) is 0 Å². The first kappa shape index (κ1) is 18.1. The topological polar surface area (TPSA) is 32.8 Å². The summed E-state index contributed by atoms with van der Waals surface area (Å²) in [6.45, 7) is 7.76. The van der Waals surface area contributed by atoms with Crippen LogP contribution in [0.2, 0.25) is 0 Å². The molecule has 4 rings (SSSR count). The molecule has 2 aliphatic rings. The van der Waals surface area contributed by atoms with Crippen molar-refractivity contribution in [2.45, 2.75) is 45.4 Å². The zero-order chi connectivity index (χ0) is 18.8. The van der Waals surface area contributed by atoms with Gasteiger partial charge in [-0.05, 0) is 62.1 Å². The van der Waals surface area contributed by atoms with Gasteiger partial charge in [0.25, 0.3) is 5.91 Å². The van der Waals surface area contributed by atoms with Crippen LogP contribution in [0.15, 0.2) is 48.5 Å². The quantitative estimate of drug-likeness (QED) is 0.828. The van der Waals surface area contributed by atoms with E-state index in [0.29, 0.717) is 6.04 Å². The maximum absolute atomic E-state index is 12.9. The third-order valence-electron chi connectivity index (χ3n) is 5.60. The lowest BCUT2D eigenvalue weighted by molar-refractivity contribution is 0.0773. The van der Waals surface area contributed by atoms with E-state index in [4.69, 9.17) is 4.74 Å². The molecule has 1 atom stereocenters. The number of carbonyl (C=O) groups excluding carboxylic acids is 1. The minimum absolute atomic E-state index is 0.131. The first-order valence-corrected chi connectivity index (χ1v) is 9.97. The van der Waals surface area contributed by atoms with E-state index < -0.39 is 0 Å². The Morgan fingerprint density at radius 1 is 1.04 bits per heavy atom. The van der Waals surface area contributed by atoms with Crippen molar-refractivity contribution in [3.8, 4) is 5.75 Å². The summed E-state index contributed by atoms with van der Waals surface area (Å²) in [4.78, 5) is 17.4. The molecule has 1 saturated heterocycles. The largest absolute Gasteiger partial charge is 0.491 e. The van der Waals surface area contributed by atoms with Crippen LogP contribution in [0, 0.1) is 0 Å². The number of carbonyl (C=O) groups is 1. The van der Waals surface area contributed by atoms with Crippen molar-refractivity contribution in [2.24, 2.45) is 0 Å². The summed E-state index contributed by atoms with van der Waals surface area (Å²) in [5.41, 5.74) is 3.66. The number of hydrogen-bond donors (Lipinski definition) is 0. The highest BCUT2D eigenvalue weighted by atomic mass is 16.5. The average Bonchev–Trinajstić information content (AvgIpc) is 3.17. The van der Waals surface area contributed by atoms with E-state index in [-0.39, 0.29) is 12.0 Å². The van der Waals surface area contributed by atoms with E-state index in [1.165, 1.54) is 11.1 Å². The lowest BCUT2D eigenvalue weighted by atomic mass is 9.98. The predicted molar refractivity (Wildman–Crippen MR) is 107 cm³/mol. The molecule has 2 aromatic rings. The zero-order valence-corrected chi connectivity index (χ0v) is 16.2. The minimum atomic E-state index is 0.131. The number of rotatable bonds is 4. The SMILES string of the molecule is CC(C)Oc1ccc(C(=O)N2CCC(N3CCc4ccccc4C3)C2)cc1. The monoisotopic (exact) mass is 364 g/mol. The number of amides is 1.